The number of amides is 1. The molecular weight excluding hydrogens is 230 g/mol. The molecule has 0 radical (unpaired) electrons. The predicted molar refractivity (Wildman–Crippen MR) is 72.8 cm³/mol. The van der Waals surface area contributed by atoms with E-state index < -0.39 is 0 Å². The molecule has 0 aliphatic carbocycles. The highest BCUT2D eigenvalue weighted by molar-refractivity contribution is 5.80. The second-order valence-electron chi connectivity index (χ2n) is 4.33. The van der Waals surface area contributed by atoms with Gasteiger partial charge in [0.15, 0.2) is 0 Å². The molecule has 0 saturated carbocycles. The molecule has 0 unspecified atom stereocenters. The predicted octanol–water partition coefficient (Wildman–Crippen LogP) is 0.823. The first-order valence-corrected chi connectivity index (χ1v) is 6.01. The van der Waals surface area contributed by atoms with Gasteiger partial charge in [-0.1, -0.05) is 6.92 Å². The van der Waals surface area contributed by atoms with Gasteiger partial charge in [-0.25, -0.2) is 9.97 Å². The zero-order valence-corrected chi connectivity index (χ0v) is 11.5. The van der Waals surface area contributed by atoms with Gasteiger partial charge in [-0.05, 0) is 6.42 Å². The molecule has 1 aromatic heterocycles. The highest BCUT2D eigenvalue weighted by atomic mass is 16.2. The number of aromatic nitrogens is 2. The molecule has 0 bridgehead atoms. The van der Waals surface area contributed by atoms with E-state index >= 15 is 0 Å². The minimum Gasteiger partial charge on any atom is -0.370 e. The van der Waals surface area contributed by atoms with E-state index in [1.54, 1.807) is 23.9 Å². The largest absolute Gasteiger partial charge is 0.370 e. The first-order valence-electron chi connectivity index (χ1n) is 6.01. The molecule has 100 valence electrons. The van der Waals surface area contributed by atoms with E-state index in [2.05, 4.69) is 22.2 Å². The molecule has 0 aliphatic heterocycles. The maximum Gasteiger partial charge on any atom is 0.241 e. The number of hydrogen-bond acceptors (Lipinski definition) is 5. The van der Waals surface area contributed by atoms with E-state index in [9.17, 15) is 4.79 Å². The summed E-state index contributed by atoms with van der Waals surface area (Å²) in [7, 11) is 5.32. The molecule has 1 rings (SSSR count). The summed E-state index contributed by atoms with van der Waals surface area (Å²) in [4.78, 5) is 23.3. The number of hydrogen-bond donors (Lipinski definition) is 1. The topological polar surface area (TPSA) is 61.4 Å². The Morgan fingerprint density at radius 1 is 1.33 bits per heavy atom. The van der Waals surface area contributed by atoms with Crippen LogP contribution >= 0.6 is 0 Å². The Morgan fingerprint density at radius 2 is 2.06 bits per heavy atom. The number of rotatable bonds is 6. The maximum atomic E-state index is 11.6. The van der Waals surface area contributed by atoms with Crippen LogP contribution in [0.2, 0.25) is 0 Å². The summed E-state index contributed by atoms with van der Waals surface area (Å²) in [5, 5.41) is 3.19. The normalized spacial score (nSPS) is 10.0. The minimum atomic E-state index is 0.0409. The lowest BCUT2D eigenvalue weighted by atomic mass is 10.4. The average Bonchev–Trinajstić information content (AvgIpc) is 2.36. The Morgan fingerprint density at radius 3 is 2.67 bits per heavy atom. The van der Waals surface area contributed by atoms with Crippen molar-refractivity contribution in [1.29, 1.82) is 0 Å². The van der Waals surface area contributed by atoms with Crippen molar-refractivity contribution >= 4 is 17.5 Å². The van der Waals surface area contributed by atoms with Gasteiger partial charge in [-0.15, -0.1) is 0 Å². The number of carbonyl (C=O) groups is 1. The Balaban J connectivity index is 2.67. The Hall–Kier alpha value is -1.85. The number of nitrogens with zero attached hydrogens (tertiary/aromatic N) is 4. The van der Waals surface area contributed by atoms with Crippen LogP contribution in [0.4, 0.5) is 11.6 Å². The van der Waals surface area contributed by atoms with E-state index in [4.69, 9.17) is 0 Å². The molecule has 0 aliphatic rings. The van der Waals surface area contributed by atoms with Crippen molar-refractivity contribution in [3.05, 3.63) is 12.4 Å². The Kier molecular flexibility index (Phi) is 5.35. The summed E-state index contributed by atoms with van der Waals surface area (Å²) < 4.78 is 0. The zero-order chi connectivity index (χ0) is 13.5. The number of carbonyl (C=O) groups excluding carboxylic acids is 1. The fourth-order valence-corrected chi connectivity index (χ4v) is 1.33. The minimum absolute atomic E-state index is 0.0409. The van der Waals surface area contributed by atoms with Gasteiger partial charge in [-0.2, -0.15) is 0 Å². The Bertz CT molecular complexity index is 394. The highest BCUT2D eigenvalue weighted by Gasteiger charge is 2.10. The van der Waals surface area contributed by atoms with Gasteiger partial charge in [0, 0.05) is 33.8 Å². The lowest BCUT2D eigenvalue weighted by Crippen LogP contribution is -2.34. The molecule has 0 fully saturated rings. The van der Waals surface area contributed by atoms with Crippen molar-refractivity contribution < 1.29 is 4.79 Å². The summed E-state index contributed by atoms with van der Waals surface area (Å²) >= 11 is 0. The van der Waals surface area contributed by atoms with Crippen LogP contribution in [0, 0.1) is 0 Å². The number of nitrogens with one attached hydrogen (secondary N) is 1. The summed E-state index contributed by atoms with van der Waals surface area (Å²) in [6, 6.07) is 1.85. The molecule has 6 heteroatoms. The smallest absolute Gasteiger partial charge is 0.241 e. The van der Waals surface area contributed by atoms with Crippen LogP contribution < -0.4 is 10.2 Å². The lowest BCUT2D eigenvalue weighted by Gasteiger charge is -2.20. The van der Waals surface area contributed by atoms with E-state index in [1.807, 2.05) is 13.1 Å². The first kappa shape index (κ1) is 14.2. The fraction of sp³-hybridized carbons (Fsp3) is 0.583. The van der Waals surface area contributed by atoms with Crippen LogP contribution in [0.25, 0.3) is 0 Å². The zero-order valence-electron chi connectivity index (χ0n) is 11.5. The van der Waals surface area contributed by atoms with Gasteiger partial charge in [-0.3, -0.25) is 4.79 Å². The van der Waals surface area contributed by atoms with E-state index in [-0.39, 0.29) is 5.91 Å². The van der Waals surface area contributed by atoms with E-state index in [0.717, 1.165) is 24.6 Å². The Labute approximate surface area is 108 Å². The third-order valence-corrected chi connectivity index (χ3v) is 2.47. The SMILES string of the molecule is CCCNc1cc(N(C)CC(=O)N(C)C)ncn1. The third-order valence-electron chi connectivity index (χ3n) is 2.47. The van der Waals surface area contributed by atoms with Gasteiger partial charge in [0.25, 0.3) is 0 Å². The highest BCUT2D eigenvalue weighted by Crippen LogP contribution is 2.12. The molecule has 6 nitrogen and oxygen atoms in total. The van der Waals surface area contributed by atoms with Crippen LogP contribution in [0.1, 0.15) is 13.3 Å². The summed E-state index contributed by atoms with van der Waals surface area (Å²) in [6.07, 6.45) is 2.54. The van der Waals surface area contributed by atoms with E-state index in [0.29, 0.717) is 6.54 Å². The molecule has 0 spiro atoms. The summed E-state index contributed by atoms with van der Waals surface area (Å²) in [6.45, 7) is 3.27. The molecule has 0 aromatic carbocycles. The molecule has 0 saturated heterocycles. The lowest BCUT2D eigenvalue weighted by molar-refractivity contribution is -0.127. The van der Waals surface area contributed by atoms with Crippen LogP contribution in [0.15, 0.2) is 12.4 Å². The summed E-state index contributed by atoms with van der Waals surface area (Å²) in [5.41, 5.74) is 0. The third kappa shape index (κ3) is 4.20. The molecule has 1 amide bonds. The van der Waals surface area contributed by atoms with Crippen LogP contribution in [0.3, 0.4) is 0 Å². The van der Waals surface area contributed by atoms with E-state index in [1.165, 1.54) is 6.33 Å². The quantitative estimate of drug-likeness (QED) is 0.811. The second kappa shape index (κ2) is 6.78. The van der Waals surface area contributed by atoms with Gasteiger partial charge >= 0.3 is 0 Å². The van der Waals surface area contributed by atoms with Crippen molar-refractivity contribution in [2.45, 2.75) is 13.3 Å². The molecule has 0 atom stereocenters. The molecule has 1 heterocycles. The van der Waals surface area contributed by atoms with Crippen molar-refractivity contribution in [2.75, 3.05) is 44.4 Å². The first-order chi connectivity index (χ1) is 8.54. The van der Waals surface area contributed by atoms with Crippen LogP contribution in [-0.2, 0) is 4.79 Å². The van der Waals surface area contributed by atoms with Crippen molar-refractivity contribution in [2.24, 2.45) is 0 Å². The molecule has 18 heavy (non-hydrogen) atoms. The van der Waals surface area contributed by atoms with Gasteiger partial charge in [0.1, 0.15) is 18.0 Å². The monoisotopic (exact) mass is 251 g/mol. The summed E-state index contributed by atoms with van der Waals surface area (Å²) in [5.74, 6) is 1.56. The van der Waals surface area contributed by atoms with Crippen LogP contribution in [-0.4, -0.2) is 55.0 Å². The molecule has 1 aromatic rings. The van der Waals surface area contributed by atoms with Crippen molar-refractivity contribution in [1.82, 2.24) is 14.9 Å². The van der Waals surface area contributed by atoms with Crippen molar-refractivity contribution in [3.8, 4) is 0 Å². The molecule has 1 N–H and O–H groups in total. The van der Waals surface area contributed by atoms with Gasteiger partial charge in [0.2, 0.25) is 5.91 Å². The average molecular weight is 251 g/mol. The van der Waals surface area contributed by atoms with Gasteiger partial charge < -0.3 is 15.1 Å². The number of anilines is 2. The van der Waals surface area contributed by atoms with Crippen LogP contribution in [0.5, 0.6) is 0 Å². The second-order valence-corrected chi connectivity index (χ2v) is 4.33. The van der Waals surface area contributed by atoms with Crippen molar-refractivity contribution in [3.63, 3.8) is 0 Å². The van der Waals surface area contributed by atoms with Gasteiger partial charge in [0.05, 0.1) is 6.54 Å². The number of likely N-dealkylation sites (N-methyl/N-ethyl adjacent to an activating group) is 2. The standard InChI is InChI=1S/C12H21N5O/c1-5-6-13-10-7-11(15-9-14-10)17(4)8-12(18)16(2)3/h7,9H,5-6,8H2,1-4H3,(H,13,14,15). The maximum absolute atomic E-state index is 11.6. The molecular formula is C12H21N5O. The fourth-order valence-electron chi connectivity index (χ4n) is 1.33.